The molecule has 1 saturated heterocycles. The molecule has 2 N–H and O–H groups in total. The smallest absolute Gasteiger partial charge is 0.322 e. The average molecular weight is 399 g/mol. The molecule has 0 radical (unpaired) electrons. The number of methoxy groups -OCH3 is 3. The molecule has 2 aromatic carbocycles. The minimum atomic E-state index is -0.588. The Kier molecular flexibility index (Phi) is 6.43. The molecule has 1 aliphatic rings. The Balaban J connectivity index is 1.73. The maximum atomic E-state index is 13.0. The lowest BCUT2D eigenvalue weighted by Gasteiger charge is -2.25. The summed E-state index contributed by atoms with van der Waals surface area (Å²) < 4.78 is 15.8. The number of carbonyl (C=O) groups is 2. The monoisotopic (exact) mass is 399 g/mol. The van der Waals surface area contributed by atoms with Crippen LogP contribution in [0.1, 0.15) is 12.8 Å². The lowest BCUT2D eigenvalue weighted by molar-refractivity contribution is -0.119. The molecule has 0 bridgehead atoms. The zero-order chi connectivity index (χ0) is 20.8. The van der Waals surface area contributed by atoms with Crippen molar-refractivity contribution < 1.29 is 23.8 Å². The fraction of sp³-hybridized carbons (Fsp3) is 0.333. The standard InChI is InChI=1S/C21H25N3O5/c1-27-15-8-4-7-14(13-15)22-21(26)24-12-6-9-16(24)20(25)23-19-17(28-2)10-5-11-18(19)29-3/h4-5,7-8,10-11,13,16H,6,9,12H2,1-3H3,(H,22,26)(H,23,25). The first kappa shape index (κ1) is 20.3. The largest absolute Gasteiger partial charge is 0.497 e. The van der Waals surface area contributed by atoms with Gasteiger partial charge in [0.05, 0.1) is 21.3 Å². The number of ether oxygens (including phenoxy) is 3. The van der Waals surface area contributed by atoms with Crippen molar-refractivity contribution >= 4 is 23.3 Å². The minimum absolute atomic E-state index is 0.286. The highest BCUT2D eigenvalue weighted by Gasteiger charge is 2.35. The van der Waals surface area contributed by atoms with Gasteiger partial charge in [0.1, 0.15) is 29.0 Å². The maximum Gasteiger partial charge on any atom is 0.322 e. The summed E-state index contributed by atoms with van der Waals surface area (Å²) in [6.45, 7) is 0.497. The van der Waals surface area contributed by atoms with E-state index in [1.54, 1.807) is 49.6 Å². The number of likely N-dealkylation sites (tertiary alicyclic amines) is 1. The second-order valence-electron chi connectivity index (χ2n) is 6.54. The summed E-state index contributed by atoms with van der Waals surface area (Å²) in [5.74, 6) is 1.33. The van der Waals surface area contributed by atoms with E-state index < -0.39 is 6.04 Å². The molecule has 0 saturated carbocycles. The molecular formula is C21H25N3O5. The van der Waals surface area contributed by atoms with E-state index in [0.717, 1.165) is 6.42 Å². The third kappa shape index (κ3) is 4.53. The third-order valence-electron chi connectivity index (χ3n) is 4.81. The highest BCUT2D eigenvalue weighted by atomic mass is 16.5. The van der Waals surface area contributed by atoms with Gasteiger partial charge in [0.25, 0.3) is 0 Å². The van der Waals surface area contributed by atoms with Gasteiger partial charge >= 0.3 is 6.03 Å². The Morgan fingerprint density at radius 1 is 0.966 bits per heavy atom. The zero-order valence-corrected chi connectivity index (χ0v) is 16.7. The molecule has 1 unspecified atom stereocenters. The summed E-state index contributed by atoms with van der Waals surface area (Å²) in [6.07, 6.45) is 1.32. The second kappa shape index (κ2) is 9.18. The van der Waals surface area contributed by atoms with Crippen LogP contribution in [-0.4, -0.2) is 50.8 Å². The van der Waals surface area contributed by atoms with E-state index >= 15 is 0 Å². The van der Waals surface area contributed by atoms with Gasteiger partial charge in [-0.1, -0.05) is 12.1 Å². The predicted octanol–water partition coefficient (Wildman–Crippen LogP) is 3.35. The van der Waals surface area contributed by atoms with Crippen LogP contribution in [0.2, 0.25) is 0 Å². The van der Waals surface area contributed by atoms with Crippen LogP contribution in [-0.2, 0) is 4.79 Å². The lowest BCUT2D eigenvalue weighted by atomic mass is 10.2. The Hall–Kier alpha value is -3.42. The van der Waals surface area contributed by atoms with E-state index in [0.29, 0.717) is 41.6 Å². The van der Waals surface area contributed by atoms with Crippen molar-refractivity contribution in [3.05, 3.63) is 42.5 Å². The number of anilines is 2. The lowest BCUT2D eigenvalue weighted by Crippen LogP contribution is -2.45. The van der Waals surface area contributed by atoms with Crippen molar-refractivity contribution in [3.63, 3.8) is 0 Å². The van der Waals surface area contributed by atoms with Gasteiger partial charge < -0.3 is 29.7 Å². The average Bonchev–Trinajstić information content (AvgIpc) is 3.24. The first-order valence-electron chi connectivity index (χ1n) is 9.31. The molecule has 0 aliphatic carbocycles. The summed E-state index contributed by atoms with van der Waals surface area (Å²) >= 11 is 0. The highest BCUT2D eigenvalue weighted by molar-refractivity contribution is 6.01. The van der Waals surface area contributed by atoms with Crippen molar-refractivity contribution in [1.29, 1.82) is 0 Å². The van der Waals surface area contributed by atoms with Crippen LogP contribution in [0, 0.1) is 0 Å². The van der Waals surface area contributed by atoms with Crippen LogP contribution >= 0.6 is 0 Å². The minimum Gasteiger partial charge on any atom is -0.497 e. The molecule has 0 spiro atoms. The molecular weight excluding hydrogens is 374 g/mol. The van der Waals surface area contributed by atoms with E-state index in [2.05, 4.69) is 10.6 Å². The number of para-hydroxylation sites is 1. The molecule has 1 aliphatic heterocycles. The summed E-state index contributed by atoms with van der Waals surface area (Å²) in [4.78, 5) is 27.3. The summed E-state index contributed by atoms with van der Waals surface area (Å²) in [7, 11) is 4.61. The van der Waals surface area contributed by atoms with Crippen LogP contribution in [0.5, 0.6) is 17.2 Å². The predicted molar refractivity (Wildman–Crippen MR) is 110 cm³/mol. The number of amides is 3. The van der Waals surface area contributed by atoms with Crippen LogP contribution in [0.3, 0.4) is 0 Å². The quantitative estimate of drug-likeness (QED) is 0.778. The highest BCUT2D eigenvalue weighted by Crippen LogP contribution is 2.35. The molecule has 1 fully saturated rings. The van der Waals surface area contributed by atoms with Gasteiger partial charge in [0.2, 0.25) is 5.91 Å². The van der Waals surface area contributed by atoms with Crippen LogP contribution in [0.4, 0.5) is 16.2 Å². The molecule has 8 nitrogen and oxygen atoms in total. The molecule has 154 valence electrons. The Morgan fingerprint density at radius 3 is 2.31 bits per heavy atom. The molecule has 1 heterocycles. The van der Waals surface area contributed by atoms with Gasteiger partial charge in [-0.2, -0.15) is 0 Å². The topological polar surface area (TPSA) is 89.1 Å². The first-order valence-corrected chi connectivity index (χ1v) is 9.31. The molecule has 1 atom stereocenters. The van der Waals surface area contributed by atoms with Gasteiger partial charge in [-0.15, -0.1) is 0 Å². The molecule has 29 heavy (non-hydrogen) atoms. The summed E-state index contributed by atoms with van der Waals surface area (Å²) in [6, 6.07) is 11.4. The fourth-order valence-electron chi connectivity index (χ4n) is 3.36. The Bertz CT molecular complexity index is 864. The number of hydrogen-bond donors (Lipinski definition) is 2. The zero-order valence-electron chi connectivity index (χ0n) is 16.7. The number of benzene rings is 2. The molecule has 3 amide bonds. The SMILES string of the molecule is COc1cccc(NC(=O)N2CCCC2C(=O)Nc2c(OC)cccc2OC)c1. The van der Waals surface area contributed by atoms with Gasteiger partial charge in [-0.25, -0.2) is 4.79 Å². The van der Waals surface area contributed by atoms with E-state index in [1.807, 2.05) is 0 Å². The fourth-order valence-corrected chi connectivity index (χ4v) is 3.36. The maximum absolute atomic E-state index is 13.0. The number of urea groups is 1. The third-order valence-corrected chi connectivity index (χ3v) is 4.81. The van der Waals surface area contributed by atoms with Gasteiger partial charge in [-0.3, -0.25) is 4.79 Å². The van der Waals surface area contributed by atoms with E-state index in [4.69, 9.17) is 14.2 Å². The second-order valence-corrected chi connectivity index (χ2v) is 6.54. The molecule has 0 aromatic heterocycles. The Morgan fingerprint density at radius 2 is 1.66 bits per heavy atom. The van der Waals surface area contributed by atoms with Gasteiger partial charge in [0.15, 0.2) is 0 Å². The van der Waals surface area contributed by atoms with Crippen molar-refractivity contribution in [3.8, 4) is 17.2 Å². The Labute approximate surface area is 169 Å². The molecule has 3 rings (SSSR count). The number of nitrogens with zero attached hydrogens (tertiary/aromatic N) is 1. The van der Waals surface area contributed by atoms with E-state index in [-0.39, 0.29) is 11.9 Å². The van der Waals surface area contributed by atoms with Crippen molar-refractivity contribution in [1.82, 2.24) is 4.90 Å². The number of carbonyl (C=O) groups excluding carboxylic acids is 2. The molecule has 8 heteroatoms. The summed E-state index contributed by atoms with van der Waals surface area (Å²) in [5, 5.41) is 5.69. The van der Waals surface area contributed by atoms with E-state index in [9.17, 15) is 9.59 Å². The van der Waals surface area contributed by atoms with Crippen molar-refractivity contribution in [2.45, 2.75) is 18.9 Å². The van der Waals surface area contributed by atoms with Crippen LogP contribution in [0.25, 0.3) is 0 Å². The van der Waals surface area contributed by atoms with Crippen molar-refractivity contribution in [2.75, 3.05) is 38.5 Å². The first-order chi connectivity index (χ1) is 14.1. The van der Waals surface area contributed by atoms with Crippen molar-refractivity contribution in [2.24, 2.45) is 0 Å². The van der Waals surface area contributed by atoms with Gasteiger partial charge in [0, 0.05) is 18.3 Å². The molecule has 2 aromatic rings. The van der Waals surface area contributed by atoms with Gasteiger partial charge in [-0.05, 0) is 37.1 Å². The number of hydrogen-bond acceptors (Lipinski definition) is 5. The summed E-state index contributed by atoms with van der Waals surface area (Å²) in [5.41, 5.74) is 1.05. The van der Waals surface area contributed by atoms with E-state index in [1.165, 1.54) is 19.1 Å². The van der Waals surface area contributed by atoms with Crippen LogP contribution < -0.4 is 24.8 Å². The number of rotatable bonds is 6. The normalized spacial score (nSPS) is 15.6. The number of nitrogens with one attached hydrogen (secondary N) is 2. The van der Waals surface area contributed by atoms with Crippen LogP contribution in [0.15, 0.2) is 42.5 Å².